The first-order valence-corrected chi connectivity index (χ1v) is 7.33. The lowest BCUT2D eigenvalue weighted by Crippen LogP contribution is -2.36. The van der Waals surface area contributed by atoms with Crippen molar-refractivity contribution in [2.24, 2.45) is 0 Å². The van der Waals surface area contributed by atoms with E-state index in [-0.39, 0.29) is 0 Å². The van der Waals surface area contributed by atoms with E-state index in [2.05, 4.69) is 54.4 Å². The van der Waals surface area contributed by atoms with Gasteiger partial charge < -0.3 is 10.0 Å². The highest BCUT2D eigenvalue weighted by molar-refractivity contribution is 5.85. The van der Waals surface area contributed by atoms with Crippen molar-refractivity contribution in [3.05, 3.63) is 48.0 Å². The Morgan fingerprint density at radius 3 is 2.50 bits per heavy atom. The van der Waals surface area contributed by atoms with Crippen LogP contribution in [0, 0.1) is 0 Å². The van der Waals surface area contributed by atoms with Crippen LogP contribution in [0.3, 0.4) is 0 Å². The molecule has 0 fully saturated rings. The van der Waals surface area contributed by atoms with E-state index in [0.717, 1.165) is 19.4 Å². The number of aliphatic hydroxyl groups is 1. The van der Waals surface area contributed by atoms with E-state index in [0.29, 0.717) is 6.54 Å². The van der Waals surface area contributed by atoms with E-state index in [1.165, 1.54) is 16.3 Å². The molecule has 2 aromatic rings. The summed E-state index contributed by atoms with van der Waals surface area (Å²) < 4.78 is 0. The maximum absolute atomic E-state index is 9.80. The number of rotatable bonds is 6. The van der Waals surface area contributed by atoms with Gasteiger partial charge in [-0.2, -0.15) is 0 Å². The first-order chi connectivity index (χ1) is 9.46. The summed E-state index contributed by atoms with van der Waals surface area (Å²) in [5.41, 5.74) is 0.800. The lowest BCUT2D eigenvalue weighted by Gasteiger charge is -2.25. The minimum atomic E-state index is -0.617. The molecule has 0 unspecified atom stereocenters. The van der Waals surface area contributed by atoms with E-state index in [1.807, 2.05) is 13.8 Å². The summed E-state index contributed by atoms with van der Waals surface area (Å²) in [4.78, 5) is 2.20. The average Bonchev–Trinajstić information content (AvgIpc) is 2.37. The SMILES string of the molecule is CN(CCCc1cccc2ccccc12)CC(C)(C)O. The number of hydrogen-bond donors (Lipinski definition) is 1. The Labute approximate surface area is 122 Å². The lowest BCUT2D eigenvalue weighted by molar-refractivity contribution is 0.0444. The van der Waals surface area contributed by atoms with E-state index in [9.17, 15) is 5.11 Å². The largest absolute Gasteiger partial charge is 0.389 e. The monoisotopic (exact) mass is 271 g/mol. The van der Waals surface area contributed by atoms with Crippen LogP contribution in [0.25, 0.3) is 10.8 Å². The Morgan fingerprint density at radius 2 is 1.75 bits per heavy atom. The number of likely N-dealkylation sites (N-methyl/N-ethyl adjacent to an activating group) is 1. The van der Waals surface area contributed by atoms with Crippen molar-refractivity contribution >= 4 is 10.8 Å². The third-order valence-electron chi connectivity index (χ3n) is 3.52. The van der Waals surface area contributed by atoms with Gasteiger partial charge in [0.2, 0.25) is 0 Å². The summed E-state index contributed by atoms with van der Waals surface area (Å²) in [5, 5.41) is 12.5. The summed E-state index contributed by atoms with van der Waals surface area (Å²) in [6, 6.07) is 15.1. The number of benzene rings is 2. The fourth-order valence-corrected chi connectivity index (χ4v) is 2.79. The van der Waals surface area contributed by atoms with Crippen molar-refractivity contribution in [1.82, 2.24) is 4.90 Å². The molecule has 2 rings (SSSR count). The molecule has 0 atom stereocenters. The van der Waals surface area contributed by atoms with E-state index in [1.54, 1.807) is 0 Å². The zero-order chi connectivity index (χ0) is 14.6. The summed E-state index contributed by atoms with van der Waals surface area (Å²) >= 11 is 0. The normalized spacial score (nSPS) is 12.2. The van der Waals surface area contributed by atoms with Crippen LogP contribution in [0.4, 0.5) is 0 Å². The molecular weight excluding hydrogens is 246 g/mol. The standard InChI is InChI=1S/C18H25NO/c1-18(2,20)14-19(3)13-7-11-16-10-6-9-15-8-4-5-12-17(15)16/h4-6,8-10,12,20H,7,11,13-14H2,1-3H3. The predicted octanol–water partition coefficient (Wildman–Crippen LogP) is 3.48. The molecule has 0 saturated heterocycles. The van der Waals surface area contributed by atoms with Gasteiger partial charge in [-0.25, -0.2) is 0 Å². The number of aryl methyl sites for hydroxylation is 1. The molecule has 0 aliphatic heterocycles. The van der Waals surface area contributed by atoms with E-state index < -0.39 is 5.60 Å². The molecule has 0 heterocycles. The Morgan fingerprint density at radius 1 is 1.05 bits per heavy atom. The van der Waals surface area contributed by atoms with Crippen LogP contribution >= 0.6 is 0 Å². The Bertz CT molecular complexity index is 551. The zero-order valence-corrected chi connectivity index (χ0v) is 12.8. The van der Waals surface area contributed by atoms with Gasteiger partial charge in [0, 0.05) is 6.54 Å². The molecule has 0 aliphatic rings. The fraction of sp³-hybridized carbons (Fsp3) is 0.444. The van der Waals surface area contributed by atoms with E-state index >= 15 is 0 Å². The minimum absolute atomic E-state index is 0.617. The molecule has 0 bridgehead atoms. The van der Waals surface area contributed by atoms with Crippen molar-refractivity contribution in [3.8, 4) is 0 Å². The topological polar surface area (TPSA) is 23.5 Å². The van der Waals surface area contributed by atoms with Gasteiger partial charge in [-0.1, -0.05) is 42.5 Å². The van der Waals surface area contributed by atoms with Crippen molar-refractivity contribution in [3.63, 3.8) is 0 Å². The van der Waals surface area contributed by atoms with Crippen molar-refractivity contribution in [2.45, 2.75) is 32.3 Å². The number of fused-ring (bicyclic) bond motifs is 1. The quantitative estimate of drug-likeness (QED) is 0.869. The molecule has 2 heteroatoms. The zero-order valence-electron chi connectivity index (χ0n) is 12.8. The molecule has 0 amide bonds. The van der Waals surface area contributed by atoms with Gasteiger partial charge in [0.05, 0.1) is 5.60 Å². The fourth-order valence-electron chi connectivity index (χ4n) is 2.79. The third kappa shape index (κ3) is 4.32. The van der Waals surface area contributed by atoms with Crippen molar-refractivity contribution in [2.75, 3.05) is 20.1 Å². The Balaban J connectivity index is 1.93. The molecule has 2 nitrogen and oxygen atoms in total. The summed E-state index contributed by atoms with van der Waals surface area (Å²) in [6.07, 6.45) is 2.19. The van der Waals surface area contributed by atoms with Gasteiger partial charge in [0.15, 0.2) is 0 Å². The predicted molar refractivity (Wildman–Crippen MR) is 86.1 cm³/mol. The molecule has 0 spiro atoms. The second-order valence-electron chi connectivity index (χ2n) is 6.29. The van der Waals surface area contributed by atoms with Gasteiger partial charge in [-0.05, 0) is 56.6 Å². The molecule has 0 saturated carbocycles. The van der Waals surface area contributed by atoms with Crippen molar-refractivity contribution < 1.29 is 5.11 Å². The van der Waals surface area contributed by atoms with Gasteiger partial charge in [-0.3, -0.25) is 0 Å². The third-order valence-corrected chi connectivity index (χ3v) is 3.52. The Hall–Kier alpha value is -1.38. The second kappa shape index (κ2) is 6.38. The van der Waals surface area contributed by atoms with Crippen LogP contribution in [0.5, 0.6) is 0 Å². The van der Waals surface area contributed by atoms with Gasteiger partial charge in [0.25, 0.3) is 0 Å². The van der Waals surface area contributed by atoms with Crippen LogP contribution in [-0.4, -0.2) is 35.7 Å². The highest BCUT2D eigenvalue weighted by atomic mass is 16.3. The summed E-state index contributed by atoms with van der Waals surface area (Å²) in [7, 11) is 2.07. The number of hydrogen-bond acceptors (Lipinski definition) is 2. The van der Waals surface area contributed by atoms with Gasteiger partial charge in [-0.15, -0.1) is 0 Å². The molecule has 0 aliphatic carbocycles. The summed E-state index contributed by atoms with van der Waals surface area (Å²) in [5.74, 6) is 0. The molecular formula is C18H25NO. The van der Waals surface area contributed by atoms with Gasteiger partial charge in [0.1, 0.15) is 0 Å². The van der Waals surface area contributed by atoms with Crippen LogP contribution < -0.4 is 0 Å². The molecule has 1 N–H and O–H groups in total. The average molecular weight is 271 g/mol. The summed E-state index contributed by atoms with van der Waals surface area (Å²) in [6.45, 7) is 5.43. The highest BCUT2D eigenvalue weighted by Crippen LogP contribution is 2.19. The molecule has 0 radical (unpaired) electrons. The molecule has 108 valence electrons. The maximum Gasteiger partial charge on any atom is 0.0718 e. The van der Waals surface area contributed by atoms with Crippen LogP contribution in [0.1, 0.15) is 25.8 Å². The van der Waals surface area contributed by atoms with E-state index in [4.69, 9.17) is 0 Å². The van der Waals surface area contributed by atoms with Crippen molar-refractivity contribution in [1.29, 1.82) is 0 Å². The molecule has 2 aromatic carbocycles. The first-order valence-electron chi connectivity index (χ1n) is 7.33. The maximum atomic E-state index is 9.80. The first kappa shape index (κ1) is 15.0. The number of nitrogens with zero attached hydrogens (tertiary/aromatic N) is 1. The van der Waals surface area contributed by atoms with Crippen LogP contribution in [-0.2, 0) is 6.42 Å². The Kier molecular flexibility index (Phi) is 4.79. The second-order valence-corrected chi connectivity index (χ2v) is 6.29. The smallest absolute Gasteiger partial charge is 0.0718 e. The minimum Gasteiger partial charge on any atom is -0.389 e. The lowest BCUT2D eigenvalue weighted by atomic mass is 10.0. The highest BCUT2D eigenvalue weighted by Gasteiger charge is 2.15. The molecule has 20 heavy (non-hydrogen) atoms. The van der Waals surface area contributed by atoms with Gasteiger partial charge >= 0.3 is 0 Å². The van der Waals surface area contributed by atoms with Crippen LogP contribution in [0.2, 0.25) is 0 Å². The molecule has 0 aromatic heterocycles. The van der Waals surface area contributed by atoms with Crippen LogP contribution in [0.15, 0.2) is 42.5 Å².